The lowest BCUT2D eigenvalue weighted by Gasteiger charge is -2.17. The summed E-state index contributed by atoms with van der Waals surface area (Å²) in [5.41, 5.74) is 3.38. The average molecular weight is 256 g/mol. The van der Waals surface area contributed by atoms with Gasteiger partial charge < -0.3 is 10.1 Å². The Kier molecular flexibility index (Phi) is 5.79. The van der Waals surface area contributed by atoms with Crippen molar-refractivity contribution in [2.24, 2.45) is 0 Å². The summed E-state index contributed by atoms with van der Waals surface area (Å²) in [4.78, 5) is 0. The number of nitrogens with one attached hydrogen (secondary N) is 1. The summed E-state index contributed by atoms with van der Waals surface area (Å²) in [6.45, 7) is 10.8. The minimum Gasteiger partial charge on any atom is -0.493 e. The number of benzene rings is 1. The Morgan fingerprint density at radius 1 is 1.29 bits per heavy atom. The van der Waals surface area contributed by atoms with Gasteiger partial charge in [-0.1, -0.05) is 25.4 Å². The third-order valence-electron chi connectivity index (χ3n) is 2.79. The molecule has 0 saturated carbocycles. The van der Waals surface area contributed by atoms with Crippen molar-refractivity contribution in [3.05, 3.63) is 27.8 Å². The van der Waals surface area contributed by atoms with Gasteiger partial charge in [0.1, 0.15) is 5.75 Å². The molecule has 0 aliphatic heterocycles. The number of aryl methyl sites for hydroxylation is 1. The van der Waals surface area contributed by atoms with Gasteiger partial charge in [0, 0.05) is 17.1 Å². The zero-order chi connectivity index (χ0) is 12.8. The van der Waals surface area contributed by atoms with Crippen molar-refractivity contribution >= 4 is 11.6 Å². The quantitative estimate of drug-likeness (QED) is 0.834. The molecular formula is C14H22ClNO. The van der Waals surface area contributed by atoms with E-state index in [1.54, 1.807) is 0 Å². The molecule has 0 aliphatic rings. The van der Waals surface area contributed by atoms with Gasteiger partial charge in [0.05, 0.1) is 6.61 Å². The number of hydrogen-bond acceptors (Lipinski definition) is 2. The summed E-state index contributed by atoms with van der Waals surface area (Å²) in [5.74, 6) is 0.965. The van der Waals surface area contributed by atoms with Gasteiger partial charge in [-0.05, 0) is 44.0 Å². The molecule has 0 fully saturated rings. The van der Waals surface area contributed by atoms with E-state index in [2.05, 4.69) is 26.1 Å². The van der Waals surface area contributed by atoms with Crippen LogP contribution in [0.25, 0.3) is 0 Å². The van der Waals surface area contributed by atoms with Crippen LogP contribution in [0, 0.1) is 13.8 Å². The van der Waals surface area contributed by atoms with E-state index in [-0.39, 0.29) is 0 Å². The topological polar surface area (TPSA) is 21.3 Å². The Balaban J connectivity index is 3.06. The standard InChI is InChI=1S/C14H22ClNO/c1-5-7-17-13-8-10(3)14(15)11(4)12(13)9-16-6-2/h8,16H,5-7,9H2,1-4H3. The highest BCUT2D eigenvalue weighted by atomic mass is 35.5. The van der Waals surface area contributed by atoms with Gasteiger partial charge >= 0.3 is 0 Å². The molecule has 0 amide bonds. The zero-order valence-electron chi connectivity index (χ0n) is 11.2. The molecule has 1 aromatic rings. The molecule has 3 heteroatoms. The number of ether oxygens (including phenoxy) is 1. The van der Waals surface area contributed by atoms with Crippen LogP contribution in [0.15, 0.2) is 6.07 Å². The van der Waals surface area contributed by atoms with Gasteiger partial charge in [0.2, 0.25) is 0 Å². The molecule has 2 nitrogen and oxygen atoms in total. The second kappa shape index (κ2) is 6.87. The largest absolute Gasteiger partial charge is 0.493 e. The highest BCUT2D eigenvalue weighted by molar-refractivity contribution is 6.32. The molecule has 0 bridgehead atoms. The van der Waals surface area contributed by atoms with Crippen molar-refractivity contribution in [1.29, 1.82) is 0 Å². The molecule has 0 aromatic heterocycles. The predicted molar refractivity (Wildman–Crippen MR) is 74.1 cm³/mol. The van der Waals surface area contributed by atoms with E-state index in [4.69, 9.17) is 16.3 Å². The van der Waals surface area contributed by atoms with Crippen molar-refractivity contribution in [1.82, 2.24) is 5.32 Å². The van der Waals surface area contributed by atoms with E-state index in [0.717, 1.165) is 48.0 Å². The highest BCUT2D eigenvalue weighted by Crippen LogP contribution is 2.31. The smallest absolute Gasteiger partial charge is 0.124 e. The average Bonchev–Trinajstić information content (AvgIpc) is 2.32. The Bertz CT molecular complexity index is 377. The Morgan fingerprint density at radius 2 is 2.00 bits per heavy atom. The molecule has 0 aliphatic carbocycles. The van der Waals surface area contributed by atoms with E-state index in [0.29, 0.717) is 0 Å². The lowest BCUT2D eigenvalue weighted by atomic mass is 10.0. The molecule has 1 aromatic carbocycles. The van der Waals surface area contributed by atoms with Crippen molar-refractivity contribution in [2.45, 2.75) is 40.7 Å². The van der Waals surface area contributed by atoms with Gasteiger partial charge in [-0.3, -0.25) is 0 Å². The third-order valence-corrected chi connectivity index (χ3v) is 3.37. The van der Waals surface area contributed by atoms with E-state index in [1.165, 1.54) is 5.56 Å². The van der Waals surface area contributed by atoms with E-state index < -0.39 is 0 Å². The summed E-state index contributed by atoms with van der Waals surface area (Å²) < 4.78 is 5.80. The third kappa shape index (κ3) is 3.62. The fourth-order valence-electron chi connectivity index (χ4n) is 1.77. The van der Waals surface area contributed by atoms with Crippen LogP contribution in [0.3, 0.4) is 0 Å². The minimum atomic E-state index is 0.750. The first-order chi connectivity index (χ1) is 8.11. The molecule has 0 atom stereocenters. The molecule has 1 N–H and O–H groups in total. The maximum atomic E-state index is 6.28. The maximum Gasteiger partial charge on any atom is 0.124 e. The molecule has 0 heterocycles. The van der Waals surface area contributed by atoms with Crippen LogP contribution in [0.5, 0.6) is 5.75 Å². The van der Waals surface area contributed by atoms with Crippen LogP contribution in [0.2, 0.25) is 5.02 Å². The molecule has 17 heavy (non-hydrogen) atoms. The Hall–Kier alpha value is -0.730. The molecule has 0 unspecified atom stereocenters. The molecule has 1 rings (SSSR count). The minimum absolute atomic E-state index is 0.750. The van der Waals surface area contributed by atoms with Gasteiger partial charge in [0.25, 0.3) is 0 Å². The van der Waals surface area contributed by atoms with Crippen LogP contribution in [-0.4, -0.2) is 13.2 Å². The second-order valence-electron chi connectivity index (χ2n) is 4.24. The van der Waals surface area contributed by atoms with E-state index in [9.17, 15) is 0 Å². The first-order valence-electron chi connectivity index (χ1n) is 6.23. The number of halogens is 1. The highest BCUT2D eigenvalue weighted by Gasteiger charge is 2.12. The summed E-state index contributed by atoms with van der Waals surface area (Å²) >= 11 is 6.28. The summed E-state index contributed by atoms with van der Waals surface area (Å²) in [5, 5.41) is 4.18. The van der Waals surface area contributed by atoms with Crippen molar-refractivity contribution in [2.75, 3.05) is 13.2 Å². The Labute approximate surface area is 109 Å². The summed E-state index contributed by atoms with van der Waals surface area (Å²) in [6, 6.07) is 2.04. The van der Waals surface area contributed by atoms with Crippen molar-refractivity contribution < 1.29 is 4.74 Å². The zero-order valence-corrected chi connectivity index (χ0v) is 11.9. The van der Waals surface area contributed by atoms with E-state index in [1.807, 2.05) is 13.0 Å². The van der Waals surface area contributed by atoms with Crippen molar-refractivity contribution in [3.63, 3.8) is 0 Å². The molecule has 96 valence electrons. The lowest BCUT2D eigenvalue weighted by Crippen LogP contribution is -2.14. The molecule has 0 radical (unpaired) electrons. The first kappa shape index (κ1) is 14.3. The monoisotopic (exact) mass is 255 g/mol. The molecule has 0 spiro atoms. The number of rotatable bonds is 6. The molecule has 0 saturated heterocycles. The predicted octanol–water partition coefficient (Wildman–Crippen LogP) is 3.86. The fourth-order valence-corrected chi connectivity index (χ4v) is 1.94. The van der Waals surface area contributed by atoms with Gasteiger partial charge in [0.15, 0.2) is 0 Å². The van der Waals surface area contributed by atoms with Gasteiger partial charge in [-0.15, -0.1) is 0 Å². The van der Waals surface area contributed by atoms with Crippen LogP contribution in [0.1, 0.15) is 37.0 Å². The van der Waals surface area contributed by atoms with Crippen molar-refractivity contribution in [3.8, 4) is 5.75 Å². The van der Waals surface area contributed by atoms with Gasteiger partial charge in [-0.25, -0.2) is 0 Å². The van der Waals surface area contributed by atoms with Crippen LogP contribution >= 0.6 is 11.6 Å². The van der Waals surface area contributed by atoms with Crippen LogP contribution in [0.4, 0.5) is 0 Å². The normalized spacial score (nSPS) is 10.6. The fraction of sp³-hybridized carbons (Fsp3) is 0.571. The maximum absolute atomic E-state index is 6.28. The molecular weight excluding hydrogens is 234 g/mol. The SMILES string of the molecule is CCCOc1cc(C)c(Cl)c(C)c1CNCC. The lowest BCUT2D eigenvalue weighted by molar-refractivity contribution is 0.313. The van der Waals surface area contributed by atoms with Crippen LogP contribution < -0.4 is 10.1 Å². The first-order valence-corrected chi connectivity index (χ1v) is 6.61. The number of hydrogen-bond donors (Lipinski definition) is 1. The Morgan fingerprint density at radius 3 is 2.59 bits per heavy atom. The van der Waals surface area contributed by atoms with Gasteiger partial charge in [-0.2, -0.15) is 0 Å². The van der Waals surface area contributed by atoms with E-state index >= 15 is 0 Å². The summed E-state index contributed by atoms with van der Waals surface area (Å²) in [6.07, 6.45) is 1.02. The summed E-state index contributed by atoms with van der Waals surface area (Å²) in [7, 11) is 0. The van der Waals surface area contributed by atoms with Crippen LogP contribution in [-0.2, 0) is 6.54 Å². The second-order valence-corrected chi connectivity index (χ2v) is 4.62.